The zero-order chi connectivity index (χ0) is 14.7. The standard InChI is InChI=1S/C15H18N6/c1-12(15-19-17-11-20(15)2)16-8-13-9-18-21(10-13)14-6-4-3-5-7-14/h3-7,9-12,16H,8H2,1-2H3. The van der Waals surface area contributed by atoms with E-state index in [1.807, 2.05) is 59.0 Å². The zero-order valence-corrected chi connectivity index (χ0v) is 12.1. The van der Waals surface area contributed by atoms with Crippen molar-refractivity contribution in [2.45, 2.75) is 19.5 Å². The molecule has 0 saturated carbocycles. The number of rotatable bonds is 5. The highest BCUT2D eigenvalue weighted by atomic mass is 15.3. The van der Waals surface area contributed by atoms with Crippen LogP contribution in [0, 0.1) is 0 Å². The van der Waals surface area contributed by atoms with Gasteiger partial charge in [0.2, 0.25) is 0 Å². The van der Waals surface area contributed by atoms with Crippen LogP contribution in [0.1, 0.15) is 24.4 Å². The number of aromatic nitrogens is 5. The highest BCUT2D eigenvalue weighted by molar-refractivity contribution is 5.30. The van der Waals surface area contributed by atoms with E-state index in [0.29, 0.717) is 0 Å². The lowest BCUT2D eigenvalue weighted by Crippen LogP contribution is -2.20. The molecule has 1 aromatic carbocycles. The Hall–Kier alpha value is -2.47. The molecular formula is C15H18N6. The molecule has 0 aliphatic heterocycles. The van der Waals surface area contributed by atoms with Crippen LogP contribution >= 0.6 is 0 Å². The Balaban J connectivity index is 1.64. The van der Waals surface area contributed by atoms with Gasteiger partial charge in [-0.15, -0.1) is 10.2 Å². The van der Waals surface area contributed by atoms with Crippen molar-refractivity contribution < 1.29 is 0 Å². The van der Waals surface area contributed by atoms with E-state index in [2.05, 4.69) is 27.5 Å². The van der Waals surface area contributed by atoms with Crippen molar-refractivity contribution in [2.24, 2.45) is 7.05 Å². The van der Waals surface area contributed by atoms with Crippen molar-refractivity contribution in [1.29, 1.82) is 0 Å². The van der Waals surface area contributed by atoms with Crippen LogP contribution in [0.2, 0.25) is 0 Å². The number of aryl methyl sites for hydroxylation is 1. The average molecular weight is 282 g/mol. The number of nitrogens with zero attached hydrogens (tertiary/aromatic N) is 5. The van der Waals surface area contributed by atoms with Crippen LogP contribution in [0.5, 0.6) is 0 Å². The molecule has 0 aliphatic carbocycles. The predicted octanol–water partition coefficient (Wildman–Crippen LogP) is 1.85. The lowest BCUT2D eigenvalue weighted by Gasteiger charge is -2.11. The molecule has 0 aliphatic rings. The summed E-state index contributed by atoms with van der Waals surface area (Å²) in [6.45, 7) is 2.81. The average Bonchev–Trinajstić information content (AvgIpc) is 3.15. The van der Waals surface area contributed by atoms with Crippen LogP contribution < -0.4 is 5.32 Å². The third-order valence-corrected chi connectivity index (χ3v) is 3.40. The van der Waals surface area contributed by atoms with Gasteiger partial charge in [-0.3, -0.25) is 0 Å². The highest BCUT2D eigenvalue weighted by Crippen LogP contribution is 2.10. The van der Waals surface area contributed by atoms with Crippen LogP contribution in [-0.4, -0.2) is 24.5 Å². The fourth-order valence-electron chi connectivity index (χ4n) is 2.22. The van der Waals surface area contributed by atoms with Gasteiger partial charge in [0.1, 0.15) is 12.2 Å². The second-order valence-electron chi connectivity index (χ2n) is 5.03. The number of benzene rings is 1. The van der Waals surface area contributed by atoms with Crippen LogP contribution in [0.3, 0.4) is 0 Å². The predicted molar refractivity (Wildman–Crippen MR) is 79.8 cm³/mol. The van der Waals surface area contributed by atoms with E-state index >= 15 is 0 Å². The quantitative estimate of drug-likeness (QED) is 0.776. The van der Waals surface area contributed by atoms with Crippen LogP contribution in [0.25, 0.3) is 5.69 Å². The second kappa shape index (κ2) is 5.88. The summed E-state index contributed by atoms with van der Waals surface area (Å²) in [6.07, 6.45) is 5.62. The molecular weight excluding hydrogens is 264 g/mol. The molecule has 6 heteroatoms. The third-order valence-electron chi connectivity index (χ3n) is 3.40. The van der Waals surface area contributed by atoms with E-state index in [1.54, 1.807) is 6.33 Å². The first-order valence-corrected chi connectivity index (χ1v) is 6.90. The summed E-state index contributed by atoms with van der Waals surface area (Å²) in [5, 5.41) is 15.8. The highest BCUT2D eigenvalue weighted by Gasteiger charge is 2.11. The van der Waals surface area contributed by atoms with Crippen molar-refractivity contribution in [3.63, 3.8) is 0 Å². The second-order valence-corrected chi connectivity index (χ2v) is 5.03. The first-order chi connectivity index (χ1) is 10.2. The van der Waals surface area contributed by atoms with E-state index in [1.165, 1.54) is 0 Å². The van der Waals surface area contributed by atoms with Gasteiger partial charge in [-0.1, -0.05) is 18.2 Å². The molecule has 1 atom stereocenters. The molecule has 0 fully saturated rings. The largest absolute Gasteiger partial charge is 0.319 e. The Morgan fingerprint density at radius 1 is 1.24 bits per heavy atom. The Kier molecular flexibility index (Phi) is 3.79. The maximum absolute atomic E-state index is 4.39. The van der Waals surface area contributed by atoms with Gasteiger partial charge < -0.3 is 9.88 Å². The Morgan fingerprint density at radius 2 is 2.05 bits per heavy atom. The van der Waals surface area contributed by atoms with E-state index in [-0.39, 0.29) is 6.04 Å². The van der Waals surface area contributed by atoms with Gasteiger partial charge in [-0.25, -0.2) is 4.68 Å². The zero-order valence-electron chi connectivity index (χ0n) is 12.1. The fourth-order valence-corrected chi connectivity index (χ4v) is 2.22. The van der Waals surface area contributed by atoms with E-state index in [0.717, 1.165) is 23.6 Å². The monoisotopic (exact) mass is 282 g/mol. The van der Waals surface area contributed by atoms with E-state index < -0.39 is 0 Å². The van der Waals surface area contributed by atoms with Gasteiger partial charge in [0, 0.05) is 25.4 Å². The van der Waals surface area contributed by atoms with Crippen molar-refractivity contribution in [1.82, 2.24) is 29.9 Å². The first-order valence-electron chi connectivity index (χ1n) is 6.90. The molecule has 0 amide bonds. The number of hydrogen-bond acceptors (Lipinski definition) is 4. The summed E-state index contributed by atoms with van der Waals surface area (Å²) in [7, 11) is 1.95. The first kappa shape index (κ1) is 13.5. The topological polar surface area (TPSA) is 60.6 Å². The lowest BCUT2D eigenvalue weighted by molar-refractivity contribution is 0.528. The van der Waals surface area contributed by atoms with Crippen molar-refractivity contribution in [3.8, 4) is 5.69 Å². The number of hydrogen-bond donors (Lipinski definition) is 1. The van der Waals surface area contributed by atoms with Crippen molar-refractivity contribution >= 4 is 0 Å². The van der Waals surface area contributed by atoms with Gasteiger partial charge in [0.25, 0.3) is 0 Å². The molecule has 1 unspecified atom stereocenters. The summed E-state index contributed by atoms with van der Waals surface area (Å²) >= 11 is 0. The van der Waals surface area contributed by atoms with Crippen molar-refractivity contribution in [2.75, 3.05) is 0 Å². The summed E-state index contributed by atoms with van der Waals surface area (Å²) < 4.78 is 3.80. The number of nitrogens with one attached hydrogen (secondary N) is 1. The molecule has 0 radical (unpaired) electrons. The molecule has 0 bridgehead atoms. The summed E-state index contributed by atoms with van der Waals surface area (Å²) in [4.78, 5) is 0. The Bertz CT molecular complexity index is 700. The summed E-state index contributed by atoms with van der Waals surface area (Å²) in [5.74, 6) is 0.922. The van der Waals surface area contributed by atoms with Gasteiger partial charge in [-0.2, -0.15) is 5.10 Å². The normalized spacial score (nSPS) is 12.5. The molecule has 108 valence electrons. The molecule has 3 rings (SSSR count). The third kappa shape index (κ3) is 3.00. The fraction of sp³-hybridized carbons (Fsp3) is 0.267. The van der Waals surface area contributed by atoms with Gasteiger partial charge in [-0.05, 0) is 19.1 Å². The molecule has 0 saturated heterocycles. The van der Waals surface area contributed by atoms with Gasteiger partial charge in [0.05, 0.1) is 17.9 Å². The van der Waals surface area contributed by atoms with Crippen LogP contribution in [0.15, 0.2) is 49.1 Å². The minimum absolute atomic E-state index is 0.137. The lowest BCUT2D eigenvalue weighted by atomic mass is 10.3. The molecule has 2 heterocycles. The molecule has 21 heavy (non-hydrogen) atoms. The molecule has 1 N–H and O–H groups in total. The van der Waals surface area contributed by atoms with Gasteiger partial charge in [0.15, 0.2) is 0 Å². The molecule has 6 nitrogen and oxygen atoms in total. The molecule has 3 aromatic rings. The minimum Gasteiger partial charge on any atom is -0.319 e. The smallest absolute Gasteiger partial charge is 0.149 e. The maximum atomic E-state index is 4.39. The summed E-state index contributed by atoms with van der Waals surface area (Å²) in [6, 6.07) is 10.2. The molecule has 2 aromatic heterocycles. The van der Waals surface area contributed by atoms with Crippen LogP contribution in [-0.2, 0) is 13.6 Å². The van der Waals surface area contributed by atoms with E-state index in [4.69, 9.17) is 0 Å². The number of para-hydroxylation sites is 1. The Morgan fingerprint density at radius 3 is 2.76 bits per heavy atom. The molecule has 0 spiro atoms. The Labute approximate surface area is 123 Å². The maximum Gasteiger partial charge on any atom is 0.149 e. The SMILES string of the molecule is CC(NCc1cnn(-c2ccccc2)c1)c1nncn1C. The summed E-state index contributed by atoms with van der Waals surface area (Å²) in [5.41, 5.74) is 2.19. The van der Waals surface area contributed by atoms with E-state index in [9.17, 15) is 0 Å². The van der Waals surface area contributed by atoms with Crippen molar-refractivity contribution in [3.05, 3.63) is 60.4 Å². The van der Waals surface area contributed by atoms with Gasteiger partial charge >= 0.3 is 0 Å². The minimum atomic E-state index is 0.137. The van der Waals surface area contributed by atoms with Crippen LogP contribution in [0.4, 0.5) is 0 Å².